The van der Waals surface area contributed by atoms with E-state index in [2.05, 4.69) is 5.32 Å². The van der Waals surface area contributed by atoms with Crippen LogP contribution in [-0.2, 0) is 14.8 Å². The lowest BCUT2D eigenvalue weighted by Crippen LogP contribution is -2.41. The SMILES string of the molecule is Cc1ccc(N(CC(=O)N[C@H](C)c2ccc(C)c(C)c2)S(C)(=O)=O)cc1. The summed E-state index contributed by atoms with van der Waals surface area (Å²) in [5, 5.41) is 2.88. The highest BCUT2D eigenvalue weighted by Gasteiger charge is 2.21. The maximum absolute atomic E-state index is 12.5. The molecule has 0 heterocycles. The van der Waals surface area contributed by atoms with Crippen molar-refractivity contribution in [3.05, 3.63) is 64.7 Å². The molecular formula is C20H26N2O3S. The smallest absolute Gasteiger partial charge is 0.241 e. The highest BCUT2D eigenvalue weighted by Crippen LogP contribution is 2.19. The predicted octanol–water partition coefficient (Wildman–Crippen LogP) is 3.26. The first kappa shape index (κ1) is 20.0. The molecular weight excluding hydrogens is 348 g/mol. The number of nitrogens with one attached hydrogen (secondary N) is 1. The zero-order valence-corrected chi connectivity index (χ0v) is 16.7. The molecule has 6 heteroatoms. The van der Waals surface area contributed by atoms with Gasteiger partial charge in [-0.15, -0.1) is 0 Å². The number of carbonyl (C=O) groups excluding carboxylic acids is 1. The summed E-state index contributed by atoms with van der Waals surface area (Å²) < 4.78 is 25.4. The summed E-state index contributed by atoms with van der Waals surface area (Å²) in [6.07, 6.45) is 1.10. The van der Waals surface area contributed by atoms with E-state index >= 15 is 0 Å². The summed E-state index contributed by atoms with van der Waals surface area (Å²) in [5.41, 5.74) is 4.83. The summed E-state index contributed by atoms with van der Waals surface area (Å²) in [6.45, 7) is 7.62. The Kier molecular flexibility index (Phi) is 6.08. The fraction of sp³-hybridized carbons (Fsp3) is 0.350. The van der Waals surface area contributed by atoms with Crippen molar-refractivity contribution in [2.75, 3.05) is 17.1 Å². The molecule has 2 rings (SSSR count). The largest absolute Gasteiger partial charge is 0.348 e. The molecule has 1 atom stereocenters. The second-order valence-corrected chi connectivity index (χ2v) is 8.64. The zero-order chi connectivity index (χ0) is 19.5. The normalized spacial score (nSPS) is 12.5. The standard InChI is InChI=1S/C20H26N2O3S/c1-14-6-10-19(11-7-14)22(26(5,24)25)13-20(23)21-17(4)18-9-8-15(2)16(3)12-18/h6-12,17H,13H2,1-5H3,(H,21,23)/t17-/m1/s1. The lowest BCUT2D eigenvalue weighted by molar-refractivity contribution is -0.120. The number of nitrogens with zero attached hydrogens (tertiary/aromatic N) is 1. The van der Waals surface area contributed by atoms with E-state index in [1.54, 1.807) is 12.1 Å². The minimum absolute atomic E-state index is 0.207. The van der Waals surface area contributed by atoms with Crippen LogP contribution in [0.2, 0.25) is 0 Å². The molecule has 26 heavy (non-hydrogen) atoms. The number of hydrogen-bond donors (Lipinski definition) is 1. The van der Waals surface area contributed by atoms with Gasteiger partial charge in [0, 0.05) is 0 Å². The molecule has 0 aliphatic carbocycles. The van der Waals surface area contributed by atoms with Gasteiger partial charge in [0.25, 0.3) is 0 Å². The molecule has 0 radical (unpaired) electrons. The maximum Gasteiger partial charge on any atom is 0.241 e. The number of hydrogen-bond acceptors (Lipinski definition) is 3. The van der Waals surface area contributed by atoms with Crippen LogP contribution < -0.4 is 9.62 Å². The Hall–Kier alpha value is -2.34. The van der Waals surface area contributed by atoms with E-state index in [4.69, 9.17) is 0 Å². The second-order valence-electron chi connectivity index (χ2n) is 6.74. The number of rotatable bonds is 6. The molecule has 0 saturated carbocycles. The van der Waals surface area contributed by atoms with Crippen molar-refractivity contribution in [1.29, 1.82) is 0 Å². The third-order valence-electron chi connectivity index (χ3n) is 4.42. The van der Waals surface area contributed by atoms with Crippen molar-refractivity contribution < 1.29 is 13.2 Å². The molecule has 2 aromatic rings. The number of benzene rings is 2. The van der Waals surface area contributed by atoms with Gasteiger partial charge in [0.05, 0.1) is 18.0 Å². The van der Waals surface area contributed by atoms with Crippen molar-refractivity contribution >= 4 is 21.6 Å². The van der Waals surface area contributed by atoms with Gasteiger partial charge in [0.15, 0.2) is 0 Å². The van der Waals surface area contributed by atoms with E-state index in [1.165, 1.54) is 5.56 Å². The first-order valence-corrected chi connectivity index (χ1v) is 10.3. The molecule has 1 amide bonds. The zero-order valence-electron chi connectivity index (χ0n) is 15.9. The number of anilines is 1. The van der Waals surface area contributed by atoms with Crippen LogP contribution >= 0.6 is 0 Å². The van der Waals surface area contributed by atoms with Gasteiger partial charge < -0.3 is 5.32 Å². The average molecular weight is 375 g/mol. The highest BCUT2D eigenvalue weighted by molar-refractivity contribution is 7.92. The van der Waals surface area contributed by atoms with Crippen LogP contribution in [0.4, 0.5) is 5.69 Å². The third-order valence-corrected chi connectivity index (χ3v) is 5.56. The van der Waals surface area contributed by atoms with Gasteiger partial charge in [-0.1, -0.05) is 35.9 Å². The van der Waals surface area contributed by atoms with Crippen LogP contribution in [0.3, 0.4) is 0 Å². The summed E-state index contributed by atoms with van der Waals surface area (Å²) in [4.78, 5) is 12.5. The molecule has 0 fully saturated rings. The Balaban J connectivity index is 2.14. The maximum atomic E-state index is 12.5. The minimum atomic E-state index is -3.57. The van der Waals surface area contributed by atoms with E-state index < -0.39 is 10.0 Å². The Morgan fingerprint density at radius 2 is 1.65 bits per heavy atom. The van der Waals surface area contributed by atoms with E-state index in [0.29, 0.717) is 5.69 Å². The quantitative estimate of drug-likeness (QED) is 0.844. The van der Waals surface area contributed by atoms with Gasteiger partial charge in [-0.05, 0) is 56.5 Å². The van der Waals surface area contributed by atoms with Crippen molar-refractivity contribution in [3.8, 4) is 0 Å². The van der Waals surface area contributed by atoms with Crippen LogP contribution in [0.15, 0.2) is 42.5 Å². The highest BCUT2D eigenvalue weighted by atomic mass is 32.2. The Bertz CT molecular complexity index is 890. The van der Waals surface area contributed by atoms with Crippen molar-refractivity contribution in [3.63, 3.8) is 0 Å². The van der Waals surface area contributed by atoms with Crippen LogP contribution in [0.25, 0.3) is 0 Å². The number of amides is 1. The Labute approximate surface area is 156 Å². The van der Waals surface area contributed by atoms with Gasteiger partial charge in [-0.3, -0.25) is 9.10 Å². The first-order valence-electron chi connectivity index (χ1n) is 8.49. The average Bonchev–Trinajstić information content (AvgIpc) is 2.55. The first-order chi connectivity index (χ1) is 12.1. The molecule has 0 aromatic heterocycles. The van der Waals surface area contributed by atoms with Crippen molar-refractivity contribution in [2.24, 2.45) is 0 Å². The number of sulfonamides is 1. The Morgan fingerprint density at radius 1 is 1.04 bits per heavy atom. The van der Waals surface area contributed by atoms with E-state index in [1.807, 2.05) is 58.0 Å². The van der Waals surface area contributed by atoms with Crippen LogP contribution in [0.1, 0.15) is 35.2 Å². The van der Waals surface area contributed by atoms with Gasteiger partial charge in [0.2, 0.25) is 15.9 Å². The molecule has 140 valence electrons. The molecule has 0 bridgehead atoms. The lowest BCUT2D eigenvalue weighted by atomic mass is 10.0. The van der Waals surface area contributed by atoms with Crippen LogP contribution in [0.5, 0.6) is 0 Å². The summed E-state index contributed by atoms with van der Waals surface area (Å²) in [5.74, 6) is -0.346. The summed E-state index contributed by atoms with van der Waals surface area (Å²) in [7, 11) is -3.57. The molecule has 0 saturated heterocycles. The minimum Gasteiger partial charge on any atom is -0.348 e. The molecule has 0 unspecified atom stereocenters. The Morgan fingerprint density at radius 3 is 2.19 bits per heavy atom. The van der Waals surface area contributed by atoms with Gasteiger partial charge >= 0.3 is 0 Å². The molecule has 2 aromatic carbocycles. The summed E-state index contributed by atoms with van der Waals surface area (Å²) >= 11 is 0. The third kappa shape index (κ3) is 5.08. The summed E-state index contributed by atoms with van der Waals surface area (Å²) in [6, 6.07) is 12.9. The van der Waals surface area contributed by atoms with E-state index in [0.717, 1.165) is 27.3 Å². The molecule has 0 aliphatic rings. The predicted molar refractivity (Wildman–Crippen MR) is 106 cm³/mol. The molecule has 0 spiro atoms. The monoisotopic (exact) mass is 374 g/mol. The topological polar surface area (TPSA) is 66.5 Å². The van der Waals surface area contributed by atoms with Crippen LogP contribution in [0, 0.1) is 20.8 Å². The fourth-order valence-electron chi connectivity index (χ4n) is 2.65. The van der Waals surface area contributed by atoms with E-state index in [9.17, 15) is 13.2 Å². The lowest BCUT2D eigenvalue weighted by Gasteiger charge is -2.23. The number of carbonyl (C=O) groups is 1. The molecule has 1 N–H and O–H groups in total. The van der Waals surface area contributed by atoms with Gasteiger partial charge in [-0.2, -0.15) is 0 Å². The van der Waals surface area contributed by atoms with Crippen molar-refractivity contribution in [1.82, 2.24) is 5.32 Å². The van der Waals surface area contributed by atoms with Crippen molar-refractivity contribution in [2.45, 2.75) is 33.7 Å². The van der Waals surface area contributed by atoms with E-state index in [-0.39, 0.29) is 18.5 Å². The number of aryl methyl sites for hydroxylation is 3. The molecule has 0 aliphatic heterocycles. The second kappa shape index (κ2) is 7.91. The van der Waals surface area contributed by atoms with Gasteiger partial charge in [0.1, 0.15) is 6.54 Å². The fourth-order valence-corrected chi connectivity index (χ4v) is 3.50. The molecule has 5 nitrogen and oxygen atoms in total. The van der Waals surface area contributed by atoms with Gasteiger partial charge in [-0.25, -0.2) is 8.42 Å². The van der Waals surface area contributed by atoms with Crippen LogP contribution in [-0.4, -0.2) is 27.1 Å².